The Morgan fingerprint density at radius 3 is 2.40 bits per heavy atom. The van der Waals surface area contributed by atoms with E-state index < -0.39 is 0 Å². The van der Waals surface area contributed by atoms with Crippen LogP contribution in [-0.2, 0) is 4.74 Å². The summed E-state index contributed by atoms with van der Waals surface area (Å²) in [5.74, 6) is 0.727. The average molecular weight is 216 g/mol. The van der Waals surface area contributed by atoms with Gasteiger partial charge in [-0.15, -0.1) is 0 Å². The lowest BCUT2D eigenvalue weighted by Crippen LogP contribution is -2.39. The van der Waals surface area contributed by atoms with Gasteiger partial charge in [0.05, 0.1) is 6.61 Å². The molecule has 0 aromatic carbocycles. The standard InChI is InChI=1S/C12H28N2O/c1-5-7-15-8-6-14-12(4)10-13-9-11(2)3/h11-14H,5-10H2,1-4H3. The molecule has 92 valence electrons. The molecule has 0 saturated carbocycles. The predicted octanol–water partition coefficient (Wildman–Crippen LogP) is 1.64. The van der Waals surface area contributed by atoms with Gasteiger partial charge in [0.2, 0.25) is 0 Å². The topological polar surface area (TPSA) is 33.3 Å². The quantitative estimate of drug-likeness (QED) is 0.545. The van der Waals surface area contributed by atoms with Crippen LogP contribution in [0.15, 0.2) is 0 Å². The lowest BCUT2D eigenvalue weighted by molar-refractivity contribution is 0.134. The monoisotopic (exact) mass is 216 g/mol. The highest BCUT2D eigenvalue weighted by Crippen LogP contribution is 1.87. The third kappa shape index (κ3) is 11.8. The van der Waals surface area contributed by atoms with E-state index in [4.69, 9.17) is 4.74 Å². The maximum atomic E-state index is 5.39. The molecule has 0 aliphatic heterocycles. The van der Waals surface area contributed by atoms with Gasteiger partial charge in [0, 0.05) is 25.7 Å². The fourth-order valence-electron chi connectivity index (χ4n) is 1.28. The highest BCUT2D eigenvalue weighted by atomic mass is 16.5. The van der Waals surface area contributed by atoms with Crippen molar-refractivity contribution in [3.63, 3.8) is 0 Å². The van der Waals surface area contributed by atoms with Crippen molar-refractivity contribution >= 4 is 0 Å². The maximum absolute atomic E-state index is 5.39. The van der Waals surface area contributed by atoms with E-state index in [1.165, 1.54) is 0 Å². The van der Waals surface area contributed by atoms with Crippen LogP contribution in [0.2, 0.25) is 0 Å². The van der Waals surface area contributed by atoms with Crippen LogP contribution < -0.4 is 10.6 Å². The molecule has 3 heteroatoms. The Hall–Kier alpha value is -0.120. The second kappa shape index (κ2) is 10.4. The van der Waals surface area contributed by atoms with Gasteiger partial charge < -0.3 is 15.4 Å². The third-order valence-electron chi connectivity index (χ3n) is 2.09. The molecule has 0 aromatic heterocycles. The average Bonchev–Trinajstić information content (AvgIpc) is 2.17. The van der Waals surface area contributed by atoms with Gasteiger partial charge in [0.25, 0.3) is 0 Å². The molecule has 2 N–H and O–H groups in total. The van der Waals surface area contributed by atoms with Crippen molar-refractivity contribution in [1.82, 2.24) is 10.6 Å². The minimum absolute atomic E-state index is 0.522. The molecule has 0 aromatic rings. The van der Waals surface area contributed by atoms with Crippen LogP contribution in [0.5, 0.6) is 0 Å². The summed E-state index contributed by atoms with van der Waals surface area (Å²) in [6, 6.07) is 0.522. The second-order valence-electron chi connectivity index (χ2n) is 4.52. The van der Waals surface area contributed by atoms with Crippen LogP contribution in [0.1, 0.15) is 34.1 Å². The first-order valence-electron chi connectivity index (χ1n) is 6.18. The first-order valence-corrected chi connectivity index (χ1v) is 6.18. The lowest BCUT2D eigenvalue weighted by atomic mass is 10.2. The highest BCUT2D eigenvalue weighted by molar-refractivity contribution is 4.64. The zero-order chi connectivity index (χ0) is 11.5. The molecular formula is C12H28N2O. The van der Waals surface area contributed by atoms with Crippen LogP contribution in [0, 0.1) is 5.92 Å². The number of hydrogen-bond acceptors (Lipinski definition) is 3. The van der Waals surface area contributed by atoms with Crippen LogP contribution in [0.3, 0.4) is 0 Å². The predicted molar refractivity (Wildman–Crippen MR) is 66.3 cm³/mol. The van der Waals surface area contributed by atoms with Crippen LogP contribution >= 0.6 is 0 Å². The molecule has 0 amide bonds. The summed E-state index contributed by atoms with van der Waals surface area (Å²) in [6.45, 7) is 13.6. The minimum atomic E-state index is 0.522. The normalized spacial score (nSPS) is 13.4. The molecule has 0 aliphatic rings. The number of ether oxygens (including phenoxy) is 1. The van der Waals surface area contributed by atoms with Gasteiger partial charge in [-0.1, -0.05) is 20.8 Å². The number of rotatable bonds is 10. The number of hydrogen-bond donors (Lipinski definition) is 2. The fraction of sp³-hybridized carbons (Fsp3) is 1.00. The summed E-state index contributed by atoms with van der Waals surface area (Å²) in [5, 5.41) is 6.86. The molecule has 0 rings (SSSR count). The number of nitrogens with one attached hydrogen (secondary N) is 2. The van der Waals surface area contributed by atoms with E-state index in [0.29, 0.717) is 6.04 Å². The molecule has 0 fully saturated rings. The summed E-state index contributed by atoms with van der Waals surface area (Å²) in [7, 11) is 0. The van der Waals surface area contributed by atoms with Gasteiger partial charge in [-0.05, 0) is 25.8 Å². The van der Waals surface area contributed by atoms with Gasteiger partial charge >= 0.3 is 0 Å². The summed E-state index contributed by atoms with van der Waals surface area (Å²) >= 11 is 0. The molecule has 0 heterocycles. The van der Waals surface area contributed by atoms with Gasteiger partial charge in [0.15, 0.2) is 0 Å². The van der Waals surface area contributed by atoms with Crippen molar-refractivity contribution in [2.45, 2.75) is 40.2 Å². The second-order valence-corrected chi connectivity index (χ2v) is 4.52. The Labute approximate surface area is 95.0 Å². The molecular weight excluding hydrogens is 188 g/mol. The van der Waals surface area contributed by atoms with Gasteiger partial charge in [-0.2, -0.15) is 0 Å². The molecule has 0 bridgehead atoms. The molecule has 1 atom stereocenters. The Balaban J connectivity index is 3.15. The van der Waals surface area contributed by atoms with Crippen molar-refractivity contribution in [2.75, 3.05) is 32.8 Å². The Morgan fingerprint density at radius 1 is 1.07 bits per heavy atom. The van der Waals surface area contributed by atoms with Gasteiger partial charge in [-0.3, -0.25) is 0 Å². The zero-order valence-electron chi connectivity index (χ0n) is 10.8. The van der Waals surface area contributed by atoms with Crippen molar-refractivity contribution in [3.8, 4) is 0 Å². The molecule has 3 nitrogen and oxygen atoms in total. The summed E-state index contributed by atoms with van der Waals surface area (Å²) < 4.78 is 5.39. The van der Waals surface area contributed by atoms with Crippen molar-refractivity contribution in [2.24, 2.45) is 5.92 Å². The molecule has 15 heavy (non-hydrogen) atoms. The van der Waals surface area contributed by atoms with E-state index in [-0.39, 0.29) is 0 Å². The van der Waals surface area contributed by atoms with E-state index in [1.54, 1.807) is 0 Å². The van der Waals surface area contributed by atoms with Crippen molar-refractivity contribution in [3.05, 3.63) is 0 Å². The summed E-state index contributed by atoms with van der Waals surface area (Å²) in [4.78, 5) is 0. The van der Waals surface area contributed by atoms with Crippen LogP contribution in [-0.4, -0.2) is 38.9 Å². The van der Waals surface area contributed by atoms with Gasteiger partial charge in [0.1, 0.15) is 0 Å². The fourth-order valence-corrected chi connectivity index (χ4v) is 1.28. The van der Waals surface area contributed by atoms with Crippen LogP contribution in [0.25, 0.3) is 0 Å². The Morgan fingerprint density at radius 2 is 1.80 bits per heavy atom. The smallest absolute Gasteiger partial charge is 0.0591 e. The SMILES string of the molecule is CCCOCCNC(C)CNCC(C)C. The van der Waals surface area contributed by atoms with Crippen LogP contribution in [0.4, 0.5) is 0 Å². The summed E-state index contributed by atoms with van der Waals surface area (Å²) in [6.07, 6.45) is 1.10. The van der Waals surface area contributed by atoms with E-state index >= 15 is 0 Å². The van der Waals surface area contributed by atoms with E-state index in [9.17, 15) is 0 Å². The summed E-state index contributed by atoms with van der Waals surface area (Å²) in [5.41, 5.74) is 0. The van der Waals surface area contributed by atoms with Gasteiger partial charge in [-0.25, -0.2) is 0 Å². The zero-order valence-corrected chi connectivity index (χ0v) is 10.8. The molecule has 0 saturated heterocycles. The maximum Gasteiger partial charge on any atom is 0.0591 e. The largest absolute Gasteiger partial charge is 0.380 e. The first-order chi connectivity index (χ1) is 7.16. The molecule has 0 spiro atoms. The third-order valence-corrected chi connectivity index (χ3v) is 2.09. The minimum Gasteiger partial charge on any atom is -0.380 e. The van der Waals surface area contributed by atoms with E-state index in [0.717, 1.165) is 45.2 Å². The van der Waals surface area contributed by atoms with E-state index in [2.05, 4.69) is 38.3 Å². The molecule has 0 aliphatic carbocycles. The van der Waals surface area contributed by atoms with E-state index in [1.807, 2.05) is 0 Å². The van der Waals surface area contributed by atoms with Crippen molar-refractivity contribution in [1.29, 1.82) is 0 Å². The van der Waals surface area contributed by atoms with Crippen molar-refractivity contribution < 1.29 is 4.74 Å². The Kier molecular flexibility index (Phi) is 10.3. The highest BCUT2D eigenvalue weighted by Gasteiger charge is 2.00. The molecule has 1 unspecified atom stereocenters. The lowest BCUT2D eigenvalue weighted by Gasteiger charge is -2.15. The Bertz CT molecular complexity index is 129. The molecule has 0 radical (unpaired) electrons. The first kappa shape index (κ1) is 14.9.